The van der Waals surface area contributed by atoms with Gasteiger partial charge in [0.2, 0.25) is 0 Å². The standard InChI is InChI=1S/C11H14N2OS/c1-2-12-5-3-10-8-15-11(13-10)9-4-6-14-7-9/h4,6-8,12H,2-3,5H2,1H3. The lowest BCUT2D eigenvalue weighted by Gasteiger charge is -1.97. The summed E-state index contributed by atoms with van der Waals surface area (Å²) in [7, 11) is 0. The van der Waals surface area contributed by atoms with Gasteiger partial charge in [0.05, 0.1) is 12.0 Å². The number of likely N-dealkylation sites (N-methyl/N-ethyl adjacent to an activating group) is 1. The maximum atomic E-state index is 5.03. The van der Waals surface area contributed by atoms with Gasteiger partial charge in [0.25, 0.3) is 0 Å². The number of nitrogens with one attached hydrogen (secondary N) is 1. The first-order valence-corrected chi connectivity index (χ1v) is 5.96. The molecule has 0 aliphatic rings. The summed E-state index contributed by atoms with van der Waals surface area (Å²) >= 11 is 1.67. The van der Waals surface area contributed by atoms with E-state index in [1.165, 1.54) is 0 Å². The molecule has 3 nitrogen and oxygen atoms in total. The van der Waals surface area contributed by atoms with Gasteiger partial charge in [0.1, 0.15) is 11.3 Å². The molecule has 15 heavy (non-hydrogen) atoms. The fourth-order valence-corrected chi connectivity index (χ4v) is 2.17. The minimum Gasteiger partial charge on any atom is -0.472 e. The maximum absolute atomic E-state index is 5.03. The SMILES string of the molecule is CCNCCc1csc(-c2ccoc2)n1. The molecule has 1 N–H and O–H groups in total. The van der Waals surface area contributed by atoms with Gasteiger partial charge in [0.15, 0.2) is 0 Å². The van der Waals surface area contributed by atoms with Crippen molar-refractivity contribution in [1.82, 2.24) is 10.3 Å². The van der Waals surface area contributed by atoms with Gasteiger partial charge in [-0.1, -0.05) is 6.92 Å². The molecule has 2 aromatic rings. The minimum absolute atomic E-state index is 0.988. The zero-order valence-electron chi connectivity index (χ0n) is 8.69. The molecule has 0 spiro atoms. The molecule has 0 unspecified atom stereocenters. The van der Waals surface area contributed by atoms with E-state index in [4.69, 9.17) is 4.42 Å². The molecule has 0 atom stereocenters. The summed E-state index contributed by atoms with van der Waals surface area (Å²) in [4.78, 5) is 4.54. The zero-order chi connectivity index (χ0) is 10.5. The van der Waals surface area contributed by atoms with E-state index in [1.807, 2.05) is 6.07 Å². The van der Waals surface area contributed by atoms with Gasteiger partial charge in [-0.05, 0) is 12.6 Å². The largest absolute Gasteiger partial charge is 0.472 e. The summed E-state index contributed by atoms with van der Waals surface area (Å²) in [5.41, 5.74) is 2.21. The van der Waals surface area contributed by atoms with Crippen LogP contribution in [-0.4, -0.2) is 18.1 Å². The van der Waals surface area contributed by atoms with Crippen LogP contribution in [0.25, 0.3) is 10.6 Å². The van der Waals surface area contributed by atoms with Gasteiger partial charge >= 0.3 is 0 Å². The summed E-state index contributed by atoms with van der Waals surface area (Å²) < 4.78 is 5.03. The normalized spacial score (nSPS) is 10.7. The fraction of sp³-hybridized carbons (Fsp3) is 0.364. The lowest BCUT2D eigenvalue weighted by Crippen LogP contribution is -2.16. The van der Waals surface area contributed by atoms with E-state index in [-0.39, 0.29) is 0 Å². The van der Waals surface area contributed by atoms with Crippen molar-refractivity contribution in [3.05, 3.63) is 29.7 Å². The Balaban J connectivity index is 1.98. The summed E-state index contributed by atoms with van der Waals surface area (Å²) in [6.07, 6.45) is 4.39. The number of hydrogen-bond acceptors (Lipinski definition) is 4. The smallest absolute Gasteiger partial charge is 0.126 e. The highest BCUT2D eigenvalue weighted by molar-refractivity contribution is 7.13. The lowest BCUT2D eigenvalue weighted by molar-refractivity contribution is 0.568. The Labute approximate surface area is 93.2 Å². The zero-order valence-corrected chi connectivity index (χ0v) is 9.51. The van der Waals surface area contributed by atoms with Gasteiger partial charge in [-0.25, -0.2) is 4.98 Å². The first-order chi connectivity index (χ1) is 7.40. The molecule has 0 saturated heterocycles. The first kappa shape index (κ1) is 10.4. The molecule has 0 aliphatic carbocycles. The molecule has 0 aliphatic heterocycles. The Kier molecular flexibility index (Phi) is 3.53. The van der Waals surface area contributed by atoms with Crippen LogP contribution < -0.4 is 5.32 Å². The van der Waals surface area contributed by atoms with Crippen LogP contribution in [0.15, 0.2) is 28.4 Å². The second kappa shape index (κ2) is 5.09. The van der Waals surface area contributed by atoms with Crippen LogP contribution in [0.1, 0.15) is 12.6 Å². The molecule has 4 heteroatoms. The third-order valence-electron chi connectivity index (χ3n) is 2.13. The van der Waals surface area contributed by atoms with Crippen molar-refractivity contribution >= 4 is 11.3 Å². The molecule has 2 aromatic heterocycles. The average molecular weight is 222 g/mol. The third-order valence-corrected chi connectivity index (χ3v) is 3.07. The highest BCUT2D eigenvalue weighted by Gasteiger charge is 2.04. The molecule has 0 saturated carbocycles. The van der Waals surface area contributed by atoms with E-state index in [2.05, 4.69) is 22.6 Å². The van der Waals surface area contributed by atoms with E-state index in [0.29, 0.717) is 0 Å². The third kappa shape index (κ3) is 2.67. The van der Waals surface area contributed by atoms with E-state index in [9.17, 15) is 0 Å². The van der Waals surface area contributed by atoms with Gasteiger partial charge in [-0.15, -0.1) is 11.3 Å². The van der Waals surface area contributed by atoms with Crippen molar-refractivity contribution in [2.45, 2.75) is 13.3 Å². The van der Waals surface area contributed by atoms with Crippen molar-refractivity contribution in [3.63, 3.8) is 0 Å². The number of hydrogen-bond donors (Lipinski definition) is 1. The number of furan rings is 1. The number of rotatable bonds is 5. The highest BCUT2D eigenvalue weighted by atomic mass is 32.1. The molecule has 80 valence electrons. The Morgan fingerprint density at radius 2 is 2.47 bits per heavy atom. The van der Waals surface area contributed by atoms with Crippen LogP contribution >= 0.6 is 11.3 Å². The second-order valence-electron chi connectivity index (χ2n) is 3.26. The molecule has 0 aromatic carbocycles. The molecule has 0 radical (unpaired) electrons. The van der Waals surface area contributed by atoms with Crippen LogP contribution in [0.3, 0.4) is 0 Å². The summed E-state index contributed by atoms with van der Waals surface area (Å²) in [5, 5.41) is 6.43. The van der Waals surface area contributed by atoms with Crippen molar-refractivity contribution in [1.29, 1.82) is 0 Å². The van der Waals surface area contributed by atoms with E-state index in [0.717, 1.165) is 35.8 Å². The maximum Gasteiger partial charge on any atom is 0.126 e. The Morgan fingerprint density at radius 3 is 3.20 bits per heavy atom. The van der Waals surface area contributed by atoms with Crippen LogP contribution in [0, 0.1) is 0 Å². The Morgan fingerprint density at radius 1 is 1.53 bits per heavy atom. The van der Waals surface area contributed by atoms with Crippen LogP contribution in [0.2, 0.25) is 0 Å². The van der Waals surface area contributed by atoms with Crippen molar-refractivity contribution in [3.8, 4) is 10.6 Å². The van der Waals surface area contributed by atoms with Crippen molar-refractivity contribution in [2.75, 3.05) is 13.1 Å². The quantitative estimate of drug-likeness (QED) is 0.790. The predicted octanol–water partition coefficient (Wildman–Crippen LogP) is 2.56. The molecule has 0 bridgehead atoms. The topological polar surface area (TPSA) is 38.1 Å². The Hall–Kier alpha value is -1.13. The monoisotopic (exact) mass is 222 g/mol. The molecular weight excluding hydrogens is 208 g/mol. The van der Waals surface area contributed by atoms with Gasteiger partial charge in [0, 0.05) is 23.9 Å². The number of aromatic nitrogens is 1. The van der Waals surface area contributed by atoms with E-state index >= 15 is 0 Å². The second-order valence-corrected chi connectivity index (χ2v) is 4.12. The fourth-order valence-electron chi connectivity index (χ4n) is 1.33. The summed E-state index contributed by atoms with van der Waals surface area (Å²) in [6, 6.07) is 1.94. The molecule has 2 heterocycles. The molecule has 0 fully saturated rings. The van der Waals surface area contributed by atoms with Gasteiger partial charge < -0.3 is 9.73 Å². The Bertz CT molecular complexity index is 394. The highest BCUT2D eigenvalue weighted by Crippen LogP contribution is 2.23. The van der Waals surface area contributed by atoms with Crippen LogP contribution in [0.4, 0.5) is 0 Å². The average Bonchev–Trinajstić information content (AvgIpc) is 2.87. The van der Waals surface area contributed by atoms with Crippen molar-refractivity contribution in [2.24, 2.45) is 0 Å². The number of nitrogens with zero attached hydrogens (tertiary/aromatic N) is 1. The number of thiazole rings is 1. The summed E-state index contributed by atoms with van der Waals surface area (Å²) in [6.45, 7) is 4.11. The van der Waals surface area contributed by atoms with Crippen LogP contribution in [-0.2, 0) is 6.42 Å². The van der Waals surface area contributed by atoms with Gasteiger partial charge in [-0.2, -0.15) is 0 Å². The van der Waals surface area contributed by atoms with Crippen LogP contribution in [0.5, 0.6) is 0 Å². The predicted molar refractivity (Wildman–Crippen MR) is 62.1 cm³/mol. The summed E-state index contributed by atoms with van der Waals surface area (Å²) in [5.74, 6) is 0. The minimum atomic E-state index is 0.988. The molecule has 2 rings (SSSR count). The van der Waals surface area contributed by atoms with Gasteiger partial charge in [-0.3, -0.25) is 0 Å². The van der Waals surface area contributed by atoms with Crippen molar-refractivity contribution < 1.29 is 4.42 Å². The molecular formula is C11H14N2OS. The lowest BCUT2D eigenvalue weighted by atomic mass is 10.3. The first-order valence-electron chi connectivity index (χ1n) is 5.08. The van der Waals surface area contributed by atoms with E-state index in [1.54, 1.807) is 23.9 Å². The van der Waals surface area contributed by atoms with E-state index < -0.39 is 0 Å². The molecule has 0 amide bonds.